The zero-order chi connectivity index (χ0) is 20.4. The molecule has 6 nitrogen and oxygen atoms in total. The number of methoxy groups -OCH3 is 1. The van der Waals surface area contributed by atoms with Gasteiger partial charge < -0.3 is 26.7 Å². The van der Waals surface area contributed by atoms with Gasteiger partial charge in [-0.25, -0.2) is 4.57 Å². The Morgan fingerprint density at radius 1 is 1.10 bits per heavy atom. The molecule has 2 aromatic heterocycles. The lowest BCUT2D eigenvalue weighted by atomic mass is 10.0. The van der Waals surface area contributed by atoms with Crippen LogP contribution in [0.5, 0.6) is 5.75 Å². The Morgan fingerprint density at radius 3 is 2.57 bits per heavy atom. The van der Waals surface area contributed by atoms with Crippen LogP contribution in [0.3, 0.4) is 0 Å². The Balaban J connectivity index is 0.00000256. The van der Waals surface area contributed by atoms with Crippen LogP contribution in [0, 0.1) is 17.0 Å². The van der Waals surface area contributed by atoms with Gasteiger partial charge in [-0.3, -0.25) is 10.1 Å². The smallest absolute Gasteiger partial charge is 0.269 e. The van der Waals surface area contributed by atoms with Crippen molar-refractivity contribution in [1.82, 2.24) is 4.98 Å². The summed E-state index contributed by atoms with van der Waals surface area (Å²) in [6.07, 6.45) is 4.90. The third kappa shape index (κ3) is 4.21. The molecule has 4 aromatic rings. The second-order valence-corrected chi connectivity index (χ2v) is 6.99. The molecule has 1 N–H and O–H groups in total. The van der Waals surface area contributed by atoms with Gasteiger partial charge in [0, 0.05) is 54.2 Å². The van der Waals surface area contributed by atoms with Crippen LogP contribution in [0.2, 0.25) is 0 Å². The summed E-state index contributed by atoms with van der Waals surface area (Å²) in [5, 5.41) is 11.9. The molecule has 2 heterocycles. The Kier molecular flexibility index (Phi) is 6.52. The largest absolute Gasteiger partial charge is 1.00 e. The Bertz CT molecular complexity index is 1190. The lowest BCUT2D eigenvalue weighted by Crippen LogP contribution is -3.00. The number of ether oxygens (including phenoxy) is 1. The highest BCUT2D eigenvalue weighted by Crippen LogP contribution is 2.32. The van der Waals surface area contributed by atoms with Gasteiger partial charge in [0.15, 0.2) is 18.4 Å². The van der Waals surface area contributed by atoms with Crippen LogP contribution in [-0.4, -0.2) is 17.0 Å². The summed E-state index contributed by atoms with van der Waals surface area (Å²) in [6.45, 7) is 2.91. The molecule has 0 aliphatic rings. The maximum absolute atomic E-state index is 10.8. The van der Waals surface area contributed by atoms with Crippen LogP contribution < -0.4 is 26.3 Å². The second-order valence-electron chi connectivity index (χ2n) is 6.99. The fourth-order valence-corrected chi connectivity index (χ4v) is 3.64. The van der Waals surface area contributed by atoms with Crippen molar-refractivity contribution >= 4 is 16.6 Å². The van der Waals surface area contributed by atoms with Gasteiger partial charge in [-0.1, -0.05) is 12.1 Å². The summed E-state index contributed by atoms with van der Waals surface area (Å²) < 4.78 is 7.60. The topological polar surface area (TPSA) is 72.0 Å². The molecule has 0 aliphatic heterocycles. The van der Waals surface area contributed by atoms with Crippen molar-refractivity contribution in [2.24, 2.45) is 0 Å². The zero-order valence-electron chi connectivity index (χ0n) is 16.8. The lowest BCUT2D eigenvalue weighted by Gasteiger charge is -2.07. The standard InChI is InChI=1S/C23H22N3O3.BrH/c1-16-20(22-15-24-23-10-9-19(29-2)14-21(22)23)4-3-12-25(16)13-11-17-5-7-18(8-6-17)26(27)28;/h3-10,12,14-15,24H,11,13H2,1-2H3;1H/q+1;/p-1. The van der Waals surface area contributed by atoms with Gasteiger partial charge in [-0.2, -0.15) is 0 Å². The van der Waals surface area contributed by atoms with E-state index in [1.807, 2.05) is 30.5 Å². The summed E-state index contributed by atoms with van der Waals surface area (Å²) in [6, 6.07) is 17.0. The number of aromatic amines is 1. The molecule has 154 valence electrons. The number of aryl methyl sites for hydroxylation is 2. The Labute approximate surface area is 185 Å². The number of nitro groups is 1. The van der Waals surface area contributed by atoms with Crippen LogP contribution in [0.1, 0.15) is 11.3 Å². The quantitative estimate of drug-likeness (QED) is 0.266. The fraction of sp³-hybridized carbons (Fsp3) is 0.174. The normalized spacial score (nSPS) is 10.6. The molecular formula is C23H22BrN3O3. The number of aromatic nitrogens is 2. The van der Waals surface area contributed by atoms with Crippen molar-refractivity contribution in [3.8, 4) is 16.9 Å². The molecule has 0 amide bonds. The molecule has 2 aromatic carbocycles. The van der Waals surface area contributed by atoms with E-state index < -0.39 is 0 Å². The maximum atomic E-state index is 10.8. The number of nitrogens with one attached hydrogen (secondary N) is 1. The van der Waals surface area contributed by atoms with Crippen molar-refractivity contribution in [3.05, 3.63) is 88.4 Å². The number of H-pyrrole nitrogens is 1. The first-order valence-corrected chi connectivity index (χ1v) is 9.44. The predicted octanol–water partition coefficient (Wildman–Crippen LogP) is 1.59. The zero-order valence-corrected chi connectivity index (χ0v) is 18.3. The monoisotopic (exact) mass is 467 g/mol. The first-order valence-electron chi connectivity index (χ1n) is 9.44. The second kappa shape index (κ2) is 9.09. The van der Waals surface area contributed by atoms with Crippen molar-refractivity contribution in [2.75, 3.05) is 7.11 Å². The molecule has 0 saturated heterocycles. The van der Waals surface area contributed by atoms with E-state index in [1.165, 1.54) is 0 Å². The molecule has 0 bridgehead atoms. The molecule has 7 heteroatoms. The first kappa shape index (κ1) is 21.5. The molecule has 0 saturated carbocycles. The number of hydrogen-bond acceptors (Lipinski definition) is 3. The first-order chi connectivity index (χ1) is 14.1. The Morgan fingerprint density at radius 2 is 1.87 bits per heavy atom. The summed E-state index contributed by atoms with van der Waals surface area (Å²) in [5.74, 6) is 0.831. The number of rotatable bonds is 6. The molecule has 0 spiro atoms. The number of non-ortho nitro benzene ring substituents is 1. The van der Waals surface area contributed by atoms with Crippen LogP contribution >= 0.6 is 0 Å². The van der Waals surface area contributed by atoms with Crippen molar-refractivity contribution < 1.29 is 31.2 Å². The van der Waals surface area contributed by atoms with Crippen LogP contribution in [-0.2, 0) is 13.0 Å². The number of halogens is 1. The summed E-state index contributed by atoms with van der Waals surface area (Å²) in [5.41, 5.74) is 5.73. The molecule has 0 fully saturated rings. The number of nitro benzene ring substituents is 1. The highest BCUT2D eigenvalue weighted by Gasteiger charge is 2.16. The van der Waals surface area contributed by atoms with Crippen LogP contribution in [0.25, 0.3) is 22.0 Å². The average molecular weight is 468 g/mol. The van der Waals surface area contributed by atoms with E-state index in [1.54, 1.807) is 19.2 Å². The van der Waals surface area contributed by atoms with Crippen LogP contribution in [0.4, 0.5) is 5.69 Å². The van der Waals surface area contributed by atoms with E-state index in [9.17, 15) is 10.1 Å². The number of hydrogen-bond donors (Lipinski definition) is 1. The van der Waals surface area contributed by atoms with E-state index in [2.05, 4.69) is 40.9 Å². The minimum absolute atomic E-state index is 0. The van der Waals surface area contributed by atoms with Crippen molar-refractivity contribution in [2.45, 2.75) is 19.9 Å². The molecule has 0 unspecified atom stereocenters. The molecule has 0 radical (unpaired) electrons. The van der Waals surface area contributed by atoms with Gasteiger partial charge in [0.2, 0.25) is 0 Å². The molecule has 0 atom stereocenters. The molecule has 0 aliphatic carbocycles. The van der Waals surface area contributed by atoms with E-state index in [0.717, 1.165) is 52.0 Å². The van der Waals surface area contributed by atoms with Crippen molar-refractivity contribution in [3.63, 3.8) is 0 Å². The fourth-order valence-electron chi connectivity index (χ4n) is 3.64. The minimum Gasteiger partial charge on any atom is -1.00 e. The third-order valence-corrected chi connectivity index (χ3v) is 5.32. The third-order valence-electron chi connectivity index (χ3n) is 5.32. The average Bonchev–Trinajstić information content (AvgIpc) is 3.16. The van der Waals surface area contributed by atoms with Gasteiger partial charge in [0.25, 0.3) is 5.69 Å². The van der Waals surface area contributed by atoms with Crippen molar-refractivity contribution in [1.29, 1.82) is 0 Å². The summed E-state index contributed by atoms with van der Waals surface area (Å²) in [7, 11) is 1.67. The number of benzene rings is 2. The van der Waals surface area contributed by atoms with Crippen LogP contribution in [0.15, 0.2) is 67.0 Å². The number of pyridine rings is 1. The van der Waals surface area contributed by atoms with E-state index >= 15 is 0 Å². The Hall–Kier alpha value is -3.19. The van der Waals surface area contributed by atoms with Gasteiger partial charge >= 0.3 is 0 Å². The lowest BCUT2D eigenvalue weighted by molar-refractivity contribution is -0.701. The molecule has 4 rings (SSSR count). The van der Waals surface area contributed by atoms with Gasteiger partial charge in [-0.15, -0.1) is 0 Å². The van der Waals surface area contributed by atoms with Gasteiger partial charge in [-0.05, 0) is 29.8 Å². The highest BCUT2D eigenvalue weighted by atomic mass is 79.9. The summed E-state index contributed by atoms with van der Waals surface area (Å²) >= 11 is 0. The van der Waals surface area contributed by atoms with Gasteiger partial charge in [0.1, 0.15) is 5.75 Å². The SMILES string of the molecule is COc1ccc2[nH]cc(-c3ccc[n+](CCc4ccc([N+](=O)[O-])cc4)c3C)c2c1.[Br-]. The highest BCUT2D eigenvalue weighted by molar-refractivity contribution is 5.96. The number of fused-ring (bicyclic) bond motifs is 1. The minimum atomic E-state index is -0.373. The van der Waals surface area contributed by atoms with E-state index in [4.69, 9.17) is 4.74 Å². The van der Waals surface area contributed by atoms with E-state index in [0.29, 0.717) is 0 Å². The molecular weight excluding hydrogens is 446 g/mol. The maximum Gasteiger partial charge on any atom is 0.269 e. The molecule has 30 heavy (non-hydrogen) atoms. The predicted molar refractivity (Wildman–Crippen MR) is 112 cm³/mol. The number of nitrogens with zero attached hydrogens (tertiary/aromatic N) is 2. The summed E-state index contributed by atoms with van der Waals surface area (Å²) in [4.78, 5) is 13.8. The van der Waals surface area contributed by atoms with E-state index in [-0.39, 0.29) is 27.6 Å². The van der Waals surface area contributed by atoms with Gasteiger partial charge in [0.05, 0.1) is 17.6 Å².